The molecule has 2 heterocycles. The van der Waals surface area contributed by atoms with E-state index in [0.29, 0.717) is 13.2 Å². The summed E-state index contributed by atoms with van der Waals surface area (Å²) in [5.41, 5.74) is 5.72. The molecule has 0 fully saturated rings. The van der Waals surface area contributed by atoms with Gasteiger partial charge in [0.1, 0.15) is 6.29 Å². The number of benzene rings is 2. The van der Waals surface area contributed by atoms with Gasteiger partial charge >= 0.3 is 0 Å². The second kappa shape index (κ2) is 6.52. The van der Waals surface area contributed by atoms with Crippen molar-refractivity contribution >= 4 is 22.2 Å². The minimum atomic E-state index is 0.650. The van der Waals surface area contributed by atoms with Gasteiger partial charge in [-0.1, -0.05) is 34.1 Å². The van der Waals surface area contributed by atoms with Gasteiger partial charge in [-0.15, -0.1) is 0 Å². The normalized spacial score (nSPS) is 14.9. The van der Waals surface area contributed by atoms with E-state index < -0.39 is 0 Å². The van der Waals surface area contributed by atoms with E-state index in [0.717, 1.165) is 35.1 Å². The largest absolute Gasteiger partial charge is 0.372 e. The maximum absolute atomic E-state index is 10.4. The van der Waals surface area contributed by atoms with Crippen LogP contribution in [0.3, 0.4) is 0 Å². The number of ether oxygens (including phenoxy) is 2. The molecule has 0 aromatic heterocycles. The van der Waals surface area contributed by atoms with Gasteiger partial charge in [0.15, 0.2) is 0 Å². The molecular formula is C17H15BrO3. The highest BCUT2D eigenvalue weighted by molar-refractivity contribution is 9.10. The highest BCUT2D eigenvalue weighted by Gasteiger charge is 2.10. The van der Waals surface area contributed by atoms with E-state index in [1.165, 1.54) is 16.7 Å². The van der Waals surface area contributed by atoms with Crippen molar-refractivity contribution in [1.29, 1.82) is 0 Å². The molecule has 0 unspecified atom stereocenters. The smallest absolute Gasteiger partial charge is 0.150 e. The molecule has 0 N–H and O–H groups in total. The first-order valence-corrected chi connectivity index (χ1v) is 7.55. The van der Waals surface area contributed by atoms with Gasteiger partial charge in [0.25, 0.3) is 0 Å². The summed E-state index contributed by atoms with van der Waals surface area (Å²) in [5.74, 6) is 0. The molecule has 0 radical (unpaired) electrons. The van der Waals surface area contributed by atoms with Crippen LogP contribution in [0.25, 0.3) is 0 Å². The fourth-order valence-electron chi connectivity index (χ4n) is 2.41. The quantitative estimate of drug-likeness (QED) is 0.732. The van der Waals surface area contributed by atoms with Gasteiger partial charge in [-0.2, -0.15) is 0 Å². The van der Waals surface area contributed by atoms with Gasteiger partial charge in [0.05, 0.1) is 26.4 Å². The van der Waals surface area contributed by atoms with Gasteiger partial charge in [0.2, 0.25) is 0 Å². The molecule has 0 aliphatic carbocycles. The van der Waals surface area contributed by atoms with Gasteiger partial charge in [-0.05, 0) is 40.5 Å². The van der Waals surface area contributed by atoms with E-state index in [2.05, 4.69) is 28.1 Å². The predicted molar refractivity (Wildman–Crippen MR) is 83.0 cm³/mol. The second-order valence-electron chi connectivity index (χ2n) is 5.04. The Kier molecular flexibility index (Phi) is 4.48. The van der Waals surface area contributed by atoms with Crippen molar-refractivity contribution in [2.75, 3.05) is 0 Å². The van der Waals surface area contributed by atoms with Crippen molar-refractivity contribution < 1.29 is 14.3 Å². The Hall–Kier alpha value is -1.49. The number of halogens is 1. The van der Waals surface area contributed by atoms with Crippen molar-refractivity contribution in [3.8, 4) is 0 Å². The number of aldehydes is 1. The molecule has 0 bridgehead atoms. The summed E-state index contributed by atoms with van der Waals surface area (Å²) in [7, 11) is 0. The molecule has 0 atom stereocenters. The third-order valence-electron chi connectivity index (χ3n) is 3.56. The zero-order valence-electron chi connectivity index (χ0n) is 11.5. The van der Waals surface area contributed by atoms with Gasteiger partial charge < -0.3 is 9.47 Å². The lowest BCUT2D eigenvalue weighted by molar-refractivity contribution is 0.112. The average molecular weight is 347 g/mol. The maximum Gasteiger partial charge on any atom is 0.150 e. The van der Waals surface area contributed by atoms with Gasteiger partial charge in [0, 0.05) is 10.0 Å². The zero-order valence-corrected chi connectivity index (χ0v) is 13.1. The van der Waals surface area contributed by atoms with Crippen LogP contribution in [0.15, 0.2) is 40.9 Å². The standard InChI is InChI=1S/C9H8O2.C8H7BrO/c10-4-7-1-2-8-5-11-6-9(8)3-7;9-8-2-1-6-4-10-5-7(6)3-8/h1-4H,5-6H2;1-3H,4-5H2. The van der Waals surface area contributed by atoms with E-state index in [-0.39, 0.29) is 0 Å². The summed E-state index contributed by atoms with van der Waals surface area (Å²) >= 11 is 3.41. The number of hydrogen-bond acceptors (Lipinski definition) is 3. The number of rotatable bonds is 1. The molecule has 21 heavy (non-hydrogen) atoms. The molecule has 2 aromatic carbocycles. The van der Waals surface area contributed by atoms with Crippen LogP contribution in [0, 0.1) is 0 Å². The van der Waals surface area contributed by atoms with E-state index in [9.17, 15) is 4.79 Å². The van der Waals surface area contributed by atoms with E-state index in [1.54, 1.807) is 0 Å². The molecule has 3 nitrogen and oxygen atoms in total. The third kappa shape index (κ3) is 3.40. The monoisotopic (exact) mass is 346 g/mol. The van der Waals surface area contributed by atoms with Crippen LogP contribution in [-0.2, 0) is 35.9 Å². The Morgan fingerprint density at radius 3 is 2.05 bits per heavy atom. The first-order valence-electron chi connectivity index (χ1n) is 6.76. The van der Waals surface area contributed by atoms with Crippen LogP contribution in [0.4, 0.5) is 0 Å². The van der Waals surface area contributed by atoms with Gasteiger partial charge in [-0.25, -0.2) is 0 Å². The Bertz CT molecular complexity index is 667. The molecule has 2 aromatic rings. The minimum absolute atomic E-state index is 0.650. The molecule has 108 valence electrons. The first kappa shape index (κ1) is 14.4. The van der Waals surface area contributed by atoms with Crippen molar-refractivity contribution in [1.82, 2.24) is 0 Å². The molecule has 2 aliphatic heterocycles. The fourth-order valence-corrected chi connectivity index (χ4v) is 2.81. The Labute approximate surface area is 132 Å². The SMILES string of the molecule is Brc1ccc2c(c1)COC2.O=Cc1ccc2c(c1)COC2. The van der Waals surface area contributed by atoms with E-state index in [4.69, 9.17) is 9.47 Å². The summed E-state index contributed by atoms with van der Waals surface area (Å²) in [6.07, 6.45) is 0.860. The average Bonchev–Trinajstić information content (AvgIpc) is 3.15. The van der Waals surface area contributed by atoms with Crippen LogP contribution >= 0.6 is 15.9 Å². The van der Waals surface area contributed by atoms with E-state index >= 15 is 0 Å². The Balaban J connectivity index is 0.000000126. The predicted octanol–water partition coefficient (Wildman–Crippen LogP) is 4.01. The molecule has 0 saturated heterocycles. The molecule has 4 heteroatoms. The second-order valence-corrected chi connectivity index (χ2v) is 5.96. The van der Waals surface area contributed by atoms with Crippen molar-refractivity contribution in [2.45, 2.75) is 26.4 Å². The number of fused-ring (bicyclic) bond motifs is 2. The Morgan fingerprint density at radius 2 is 1.38 bits per heavy atom. The topological polar surface area (TPSA) is 35.5 Å². The van der Waals surface area contributed by atoms with Crippen LogP contribution in [0.1, 0.15) is 32.6 Å². The fraction of sp³-hybridized carbons (Fsp3) is 0.235. The number of carbonyl (C=O) groups excluding carboxylic acids is 1. The molecular weight excluding hydrogens is 332 g/mol. The summed E-state index contributed by atoms with van der Waals surface area (Å²) in [6, 6.07) is 11.9. The van der Waals surface area contributed by atoms with Crippen LogP contribution in [0.2, 0.25) is 0 Å². The lowest BCUT2D eigenvalue weighted by atomic mass is 10.1. The van der Waals surface area contributed by atoms with Crippen LogP contribution in [0.5, 0.6) is 0 Å². The summed E-state index contributed by atoms with van der Waals surface area (Å²) < 4.78 is 11.6. The third-order valence-corrected chi connectivity index (χ3v) is 4.06. The number of hydrogen-bond donors (Lipinski definition) is 0. The molecule has 2 aliphatic rings. The van der Waals surface area contributed by atoms with E-state index in [1.807, 2.05) is 24.3 Å². The van der Waals surface area contributed by atoms with Crippen molar-refractivity contribution in [3.05, 3.63) is 68.7 Å². The zero-order chi connectivity index (χ0) is 14.7. The van der Waals surface area contributed by atoms with Gasteiger partial charge in [-0.3, -0.25) is 4.79 Å². The molecule has 0 saturated carbocycles. The minimum Gasteiger partial charge on any atom is -0.372 e. The van der Waals surface area contributed by atoms with Crippen molar-refractivity contribution in [3.63, 3.8) is 0 Å². The van der Waals surface area contributed by atoms with Crippen LogP contribution in [-0.4, -0.2) is 6.29 Å². The lowest BCUT2D eigenvalue weighted by Gasteiger charge is -1.95. The highest BCUT2D eigenvalue weighted by atomic mass is 79.9. The molecule has 4 rings (SSSR count). The summed E-state index contributed by atoms with van der Waals surface area (Å²) in [4.78, 5) is 10.4. The number of carbonyl (C=O) groups is 1. The van der Waals surface area contributed by atoms with Crippen LogP contribution < -0.4 is 0 Å². The molecule has 0 amide bonds. The lowest BCUT2D eigenvalue weighted by Crippen LogP contribution is -1.85. The summed E-state index contributed by atoms with van der Waals surface area (Å²) in [6.45, 7) is 2.89. The molecule has 0 spiro atoms. The Morgan fingerprint density at radius 1 is 0.810 bits per heavy atom. The highest BCUT2D eigenvalue weighted by Crippen LogP contribution is 2.23. The maximum atomic E-state index is 10.4. The van der Waals surface area contributed by atoms with Crippen molar-refractivity contribution in [2.24, 2.45) is 0 Å². The summed E-state index contributed by atoms with van der Waals surface area (Å²) in [5, 5.41) is 0. The first-order chi connectivity index (χ1) is 10.3.